The summed E-state index contributed by atoms with van der Waals surface area (Å²) in [6.45, 7) is 5.09. The number of esters is 1. The second kappa shape index (κ2) is 6.68. The summed E-state index contributed by atoms with van der Waals surface area (Å²) in [5.74, 6) is -3.43. The molecule has 1 aromatic carbocycles. The number of carbonyl (C=O) groups excluding carboxylic acids is 1. The van der Waals surface area contributed by atoms with Gasteiger partial charge in [0.2, 0.25) is 0 Å². The van der Waals surface area contributed by atoms with E-state index >= 15 is 0 Å². The van der Waals surface area contributed by atoms with Crippen molar-refractivity contribution in [2.75, 3.05) is 0 Å². The maximum Gasteiger partial charge on any atom is 0.322 e. The summed E-state index contributed by atoms with van der Waals surface area (Å²) >= 11 is 1.58. The standard InChI is InChI=1S/C17H21NO4S/c1-17(2,3)22-16(21)14(15(19)20)12(18)8-10-9-23-13-7-5-4-6-11(10)13/h4-7,9,12,14H,8,18H2,1-3H3,(H,19,20)/t12?,14-/m1/s1. The summed E-state index contributed by atoms with van der Waals surface area (Å²) < 4.78 is 6.30. The van der Waals surface area contributed by atoms with E-state index in [-0.39, 0.29) is 0 Å². The number of hydrogen-bond donors (Lipinski definition) is 2. The number of carbonyl (C=O) groups is 2. The van der Waals surface area contributed by atoms with Crippen LogP contribution in [0.5, 0.6) is 0 Å². The first-order chi connectivity index (χ1) is 10.7. The summed E-state index contributed by atoms with van der Waals surface area (Å²) in [6, 6.07) is 6.99. The molecule has 5 nitrogen and oxygen atoms in total. The lowest BCUT2D eigenvalue weighted by Crippen LogP contribution is -2.45. The van der Waals surface area contributed by atoms with Crippen LogP contribution in [0.1, 0.15) is 26.3 Å². The fourth-order valence-corrected chi connectivity index (χ4v) is 3.36. The van der Waals surface area contributed by atoms with Crippen molar-refractivity contribution in [1.29, 1.82) is 0 Å². The van der Waals surface area contributed by atoms with Crippen LogP contribution in [-0.2, 0) is 20.7 Å². The second-order valence-electron chi connectivity index (χ2n) is 6.47. The minimum absolute atomic E-state index is 0.306. The molecule has 0 aliphatic carbocycles. The number of ether oxygens (including phenoxy) is 1. The lowest BCUT2D eigenvalue weighted by Gasteiger charge is -2.25. The number of carboxylic acid groups (broad SMARTS) is 1. The molecule has 2 atom stereocenters. The lowest BCUT2D eigenvalue weighted by atomic mass is 9.94. The van der Waals surface area contributed by atoms with E-state index in [0.717, 1.165) is 15.6 Å². The van der Waals surface area contributed by atoms with Gasteiger partial charge in [0.15, 0.2) is 5.92 Å². The molecule has 1 unspecified atom stereocenters. The van der Waals surface area contributed by atoms with Gasteiger partial charge in [-0.25, -0.2) is 0 Å². The highest BCUT2D eigenvalue weighted by Gasteiger charge is 2.36. The Bertz CT molecular complexity index is 717. The normalized spacial score (nSPS) is 14.4. The average molecular weight is 335 g/mol. The first-order valence-electron chi connectivity index (χ1n) is 7.35. The number of thiophene rings is 1. The number of hydrogen-bond acceptors (Lipinski definition) is 5. The first kappa shape index (κ1) is 17.4. The number of carboxylic acids is 1. The van der Waals surface area contributed by atoms with Gasteiger partial charge in [-0.1, -0.05) is 18.2 Å². The minimum Gasteiger partial charge on any atom is -0.481 e. The van der Waals surface area contributed by atoms with E-state index in [2.05, 4.69) is 0 Å². The van der Waals surface area contributed by atoms with Crippen LogP contribution in [0.25, 0.3) is 10.1 Å². The topological polar surface area (TPSA) is 89.6 Å². The van der Waals surface area contributed by atoms with Crippen LogP contribution in [0.3, 0.4) is 0 Å². The number of aliphatic carboxylic acids is 1. The van der Waals surface area contributed by atoms with Crippen molar-refractivity contribution in [3.8, 4) is 0 Å². The molecule has 0 saturated heterocycles. The Morgan fingerprint density at radius 1 is 1.30 bits per heavy atom. The molecule has 3 N–H and O–H groups in total. The van der Waals surface area contributed by atoms with E-state index in [0.29, 0.717) is 6.42 Å². The molecule has 0 bridgehead atoms. The van der Waals surface area contributed by atoms with Crippen molar-refractivity contribution in [3.05, 3.63) is 35.2 Å². The van der Waals surface area contributed by atoms with Gasteiger partial charge in [-0.05, 0) is 49.6 Å². The number of nitrogens with two attached hydrogens (primary N) is 1. The molecule has 6 heteroatoms. The zero-order valence-electron chi connectivity index (χ0n) is 13.4. The zero-order chi connectivity index (χ0) is 17.2. The molecule has 124 valence electrons. The number of rotatable bonds is 5. The summed E-state index contributed by atoms with van der Waals surface area (Å²) in [5.41, 5.74) is 6.25. The Morgan fingerprint density at radius 3 is 2.57 bits per heavy atom. The third-order valence-electron chi connectivity index (χ3n) is 3.37. The Kier molecular flexibility index (Phi) is 5.06. The molecule has 0 aliphatic heterocycles. The fourth-order valence-electron chi connectivity index (χ4n) is 2.39. The van der Waals surface area contributed by atoms with Gasteiger partial charge < -0.3 is 15.6 Å². The highest BCUT2D eigenvalue weighted by atomic mass is 32.1. The monoisotopic (exact) mass is 335 g/mol. The van der Waals surface area contributed by atoms with Crippen molar-refractivity contribution in [1.82, 2.24) is 0 Å². The van der Waals surface area contributed by atoms with Gasteiger partial charge in [-0.15, -0.1) is 11.3 Å². The van der Waals surface area contributed by atoms with Gasteiger partial charge in [-0.3, -0.25) is 9.59 Å². The molecule has 0 saturated carbocycles. The van der Waals surface area contributed by atoms with Crippen LogP contribution in [0, 0.1) is 5.92 Å². The summed E-state index contributed by atoms with van der Waals surface area (Å²) in [4.78, 5) is 23.6. The molecule has 0 aliphatic rings. The van der Waals surface area contributed by atoms with Crippen molar-refractivity contribution < 1.29 is 19.4 Å². The smallest absolute Gasteiger partial charge is 0.322 e. The van der Waals surface area contributed by atoms with Gasteiger partial charge >= 0.3 is 11.9 Å². The molecule has 2 aromatic rings. The number of benzene rings is 1. The van der Waals surface area contributed by atoms with Crippen molar-refractivity contribution >= 4 is 33.4 Å². The highest BCUT2D eigenvalue weighted by molar-refractivity contribution is 7.17. The van der Waals surface area contributed by atoms with E-state index in [4.69, 9.17) is 10.5 Å². The predicted octanol–water partition coefficient (Wildman–Crippen LogP) is 2.81. The van der Waals surface area contributed by atoms with E-state index < -0.39 is 29.5 Å². The molecule has 0 amide bonds. The Morgan fingerprint density at radius 2 is 1.96 bits per heavy atom. The van der Waals surface area contributed by atoms with Crippen LogP contribution >= 0.6 is 11.3 Å². The van der Waals surface area contributed by atoms with E-state index in [1.807, 2.05) is 29.6 Å². The molecule has 0 fully saturated rings. The zero-order valence-corrected chi connectivity index (χ0v) is 14.2. The maximum atomic E-state index is 12.2. The minimum atomic E-state index is -1.38. The molecule has 0 radical (unpaired) electrons. The van der Waals surface area contributed by atoms with Crippen LogP contribution in [-0.4, -0.2) is 28.7 Å². The third kappa shape index (κ3) is 4.30. The summed E-state index contributed by atoms with van der Waals surface area (Å²) in [7, 11) is 0. The van der Waals surface area contributed by atoms with Gasteiger partial charge in [0, 0.05) is 10.7 Å². The first-order valence-corrected chi connectivity index (χ1v) is 8.23. The van der Waals surface area contributed by atoms with Gasteiger partial charge in [-0.2, -0.15) is 0 Å². The molecular formula is C17H21NO4S. The van der Waals surface area contributed by atoms with Crippen molar-refractivity contribution in [3.63, 3.8) is 0 Å². The van der Waals surface area contributed by atoms with Crippen molar-refractivity contribution in [2.24, 2.45) is 11.7 Å². The fraction of sp³-hybridized carbons (Fsp3) is 0.412. The molecule has 1 aromatic heterocycles. The van der Waals surface area contributed by atoms with Crippen LogP contribution in [0.2, 0.25) is 0 Å². The summed E-state index contributed by atoms with van der Waals surface area (Å²) in [5, 5.41) is 12.4. The van der Waals surface area contributed by atoms with Crippen LogP contribution < -0.4 is 5.73 Å². The van der Waals surface area contributed by atoms with Gasteiger partial charge in [0.05, 0.1) is 0 Å². The largest absolute Gasteiger partial charge is 0.481 e. The summed E-state index contributed by atoms with van der Waals surface area (Å²) in [6.07, 6.45) is 0.306. The quantitative estimate of drug-likeness (QED) is 0.648. The van der Waals surface area contributed by atoms with Crippen LogP contribution in [0.15, 0.2) is 29.6 Å². The number of fused-ring (bicyclic) bond motifs is 1. The van der Waals surface area contributed by atoms with E-state index in [1.54, 1.807) is 32.1 Å². The van der Waals surface area contributed by atoms with Gasteiger partial charge in [0.1, 0.15) is 5.60 Å². The SMILES string of the molecule is CC(C)(C)OC(=O)[C@@H](C(=O)O)C(N)Cc1csc2ccccc12. The van der Waals surface area contributed by atoms with E-state index in [1.165, 1.54) is 0 Å². The molecular weight excluding hydrogens is 314 g/mol. The Balaban J connectivity index is 2.20. The predicted molar refractivity (Wildman–Crippen MR) is 90.5 cm³/mol. The highest BCUT2D eigenvalue weighted by Crippen LogP contribution is 2.27. The van der Waals surface area contributed by atoms with E-state index in [9.17, 15) is 14.7 Å². The average Bonchev–Trinajstić information content (AvgIpc) is 2.79. The second-order valence-corrected chi connectivity index (χ2v) is 7.39. The molecule has 2 rings (SSSR count). The maximum absolute atomic E-state index is 12.2. The third-order valence-corrected chi connectivity index (χ3v) is 4.38. The lowest BCUT2D eigenvalue weighted by molar-refractivity contribution is -0.167. The molecule has 23 heavy (non-hydrogen) atoms. The van der Waals surface area contributed by atoms with Crippen LogP contribution in [0.4, 0.5) is 0 Å². The molecule has 0 spiro atoms. The molecule has 1 heterocycles. The Hall–Kier alpha value is -1.92. The van der Waals surface area contributed by atoms with Crippen molar-refractivity contribution in [2.45, 2.75) is 38.8 Å². The Labute approximate surface area is 139 Å². The van der Waals surface area contributed by atoms with Gasteiger partial charge in [0.25, 0.3) is 0 Å².